The van der Waals surface area contributed by atoms with Crippen molar-refractivity contribution in [2.75, 3.05) is 26.2 Å². The fraction of sp³-hybridized carbons (Fsp3) is 0.588. The van der Waals surface area contributed by atoms with Crippen LogP contribution in [0.3, 0.4) is 0 Å². The van der Waals surface area contributed by atoms with Crippen molar-refractivity contribution >= 4 is 15.9 Å². The molecule has 0 saturated heterocycles. The van der Waals surface area contributed by atoms with Gasteiger partial charge in [-0.1, -0.05) is 19.9 Å². The number of ether oxygens (including phenoxy) is 1. The van der Waals surface area contributed by atoms with E-state index in [9.17, 15) is 13.2 Å². The average Bonchev–Trinajstić information content (AvgIpc) is 2.55. The van der Waals surface area contributed by atoms with Gasteiger partial charge in [0, 0.05) is 31.8 Å². The van der Waals surface area contributed by atoms with Crippen LogP contribution in [0.2, 0.25) is 0 Å². The molecule has 0 bridgehead atoms. The first kappa shape index (κ1) is 20.6. The highest BCUT2D eigenvalue weighted by Gasteiger charge is 2.22. The minimum absolute atomic E-state index is 0.141. The molecule has 7 heteroatoms. The molecule has 0 saturated carbocycles. The first-order chi connectivity index (χ1) is 11.3. The Balaban J connectivity index is 2.73. The van der Waals surface area contributed by atoms with Crippen LogP contribution >= 0.6 is 0 Å². The zero-order valence-corrected chi connectivity index (χ0v) is 15.7. The summed E-state index contributed by atoms with van der Waals surface area (Å²) in [5, 5.41) is 2.78. The Morgan fingerprint density at radius 2 is 1.92 bits per heavy atom. The molecule has 0 fully saturated rings. The zero-order chi connectivity index (χ0) is 18.2. The molecule has 0 heterocycles. The Labute approximate surface area is 145 Å². The van der Waals surface area contributed by atoms with Crippen LogP contribution in [0.4, 0.5) is 0 Å². The molecule has 0 spiro atoms. The summed E-state index contributed by atoms with van der Waals surface area (Å²) in [6.45, 7) is 9.34. The maximum atomic E-state index is 12.5. The Morgan fingerprint density at radius 3 is 2.50 bits per heavy atom. The van der Waals surface area contributed by atoms with Gasteiger partial charge in [0.2, 0.25) is 10.0 Å². The van der Waals surface area contributed by atoms with Crippen molar-refractivity contribution in [1.82, 2.24) is 9.62 Å². The van der Waals surface area contributed by atoms with Crippen LogP contribution < -0.4 is 5.32 Å². The number of nitrogens with one attached hydrogen (secondary N) is 1. The molecule has 0 radical (unpaired) electrons. The van der Waals surface area contributed by atoms with E-state index < -0.39 is 10.0 Å². The molecular formula is C17H28N2O4S. The molecule has 0 atom stereocenters. The van der Waals surface area contributed by atoms with Crippen molar-refractivity contribution in [3.8, 4) is 0 Å². The molecule has 0 unspecified atom stereocenters. The van der Waals surface area contributed by atoms with Gasteiger partial charge in [-0.3, -0.25) is 4.79 Å². The van der Waals surface area contributed by atoms with Crippen LogP contribution in [0.15, 0.2) is 29.2 Å². The fourth-order valence-corrected chi connectivity index (χ4v) is 3.71. The molecule has 0 aliphatic rings. The van der Waals surface area contributed by atoms with Crippen molar-refractivity contribution in [2.24, 2.45) is 0 Å². The number of hydrogen-bond acceptors (Lipinski definition) is 4. The van der Waals surface area contributed by atoms with Gasteiger partial charge in [-0.15, -0.1) is 0 Å². The lowest BCUT2D eigenvalue weighted by atomic mass is 10.2. The van der Waals surface area contributed by atoms with E-state index in [0.717, 1.165) is 0 Å². The Morgan fingerprint density at radius 1 is 1.25 bits per heavy atom. The molecule has 6 nitrogen and oxygen atoms in total. The van der Waals surface area contributed by atoms with Gasteiger partial charge < -0.3 is 10.1 Å². The Kier molecular flexibility index (Phi) is 8.38. The third-order valence-electron chi connectivity index (χ3n) is 3.50. The van der Waals surface area contributed by atoms with Gasteiger partial charge in [0.05, 0.1) is 11.0 Å². The number of carbonyl (C=O) groups is 1. The molecule has 1 aromatic rings. The molecule has 1 amide bonds. The lowest BCUT2D eigenvalue weighted by Crippen LogP contribution is -2.31. The van der Waals surface area contributed by atoms with E-state index in [0.29, 0.717) is 38.2 Å². The van der Waals surface area contributed by atoms with Crippen LogP contribution in [0.25, 0.3) is 0 Å². The van der Waals surface area contributed by atoms with Gasteiger partial charge in [0.1, 0.15) is 0 Å². The summed E-state index contributed by atoms with van der Waals surface area (Å²) in [5.74, 6) is -0.281. The van der Waals surface area contributed by atoms with Crippen LogP contribution in [-0.4, -0.2) is 51.0 Å². The van der Waals surface area contributed by atoms with Gasteiger partial charge in [-0.2, -0.15) is 4.31 Å². The third-order valence-corrected chi connectivity index (χ3v) is 5.54. The van der Waals surface area contributed by atoms with E-state index in [4.69, 9.17) is 4.74 Å². The van der Waals surface area contributed by atoms with Crippen molar-refractivity contribution in [1.29, 1.82) is 0 Å². The quantitative estimate of drug-likeness (QED) is 0.653. The standard InChI is InChI=1S/C17H28N2O4S/c1-5-19(6-2)24(21,22)16-10-7-9-15(13-16)17(20)18-11-8-12-23-14(3)4/h7,9-10,13-14H,5-6,8,11-12H2,1-4H3,(H,18,20). The maximum absolute atomic E-state index is 12.5. The predicted molar refractivity (Wildman–Crippen MR) is 94.6 cm³/mol. The molecule has 1 rings (SSSR count). The maximum Gasteiger partial charge on any atom is 0.251 e. The molecule has 0 aliphatic heterocycles. The molecule has 0 aromatic heterocycles. The van der Waals surface area contributed by atoms with E-state index in [2.05, 4.69) is 5.32 Å². The van der Waals surface area contributed by atoms with Crippen molar-refractivity contribution in [3.63, 3.8) is 0 Å². The summed E-state index contributed by atoms with van der Waals surface area (Å²) >= 11 is 0. The van der Waals surface area contributed by atoms with Gasteiger partial charge in [-0.25, -0.2) is 8.42 Å². The fourth-order valence-electron chi connectivity index (χ4n) is 2.21. The molecule has 136 valence electrons. The summed E-state index contributed by atoms with van der Waals surface area (Å²) in [4.78, 5) is 12.3. The average molecular weight is 356 g/mol. The zero-order valence-electron chi connectivity index (χ0n) is 14.9. The number of benzene rings is 1. The summed E-state index contributed by atoms with van der Waals surface area (Å²) < 4.78 is 31.8. The molecule has 1 aromatic carbocycles. The second kappa shape index (κ2) is 9.76. The highest BCUT2D eigenvalue weighted by Crippen LogP contribution is 2.17. The van der Waals surface area contributed by atoms with E-state index in [1.807, 2.05) is 13.8 Å². The summed E-state index contributed by atoms with van der Waals surface area (Å²) in [6.07, 6.45) is 0.879. The third kappa shape index (κ3) is 5.89. The van der Waals surface area contributed by atoms with E-state index in [1.54, 1.807) is 26.0 Å². The van der Waals surface area contributed by atoms with Gasteiger partial charge in [0.15, 0.2) is 0 Å². The number of hydrogen-bond donors (Lipinski definition) is 1. The normalized spacial score (nSPS) is 11.9. The number of nitrogens with zero attached hydrogens (tertiary/aromatic N) is 1. The number of carbonyl (C=O) groups excluding carboxylic acids is 1. The second-order valence-corrected chi connectivity index (χ2v) is 7.58. The summed E-state index contributed by atoms with van der Waals surface area (Å²) in [6, 6.07) is 6.14. The van der Waals surface area contributed by atoms with Crippen LogP contribution in [-0.2, 0) is 14.8 Å². The van der Waals surface area contributed by atoms with Gasteiger partial charge in [0.25, 0.3) is 5.91 Å². The van der Waals surface area contributed by atoms with Crippen molar-refractivity contribution in [2.45, 2.75) is 45.1 Å². The van der Waals surface area contributed by atoms with Gasteiger partial charge in [-0.05, 0) is 38.5 Å². The van der Waals surface area contributed by atoms with Gasteiger partial charge >= 0.3 is 0 Å². The van der Waals surface area contributed by atoms with E-state index in [1.165, 1.54) is 16.4 Å². The summed E-state index contributed by atoms with van der Waals surface area (Å²) in [7, 11) is -3.56. The Hall–Kier alpha value is -1.44. The van der Waals surface area contributed by atoms with Crippen molar-refractivity contribution in [3.05, 3.63) is 29.8 Å². The second-order valence-electron chi connectivity index (χ2n) is 5.65. The van der Waals surface area contributed by atoms with Crippen LogP contribution in [0.1, 0.15) is 44.5 Å². The number of amides is 1. The molecule has 1 N–H and O–H groups in total. The molecule has 24 heavy (non-hydrogen) atoms. The summed E-state index contributed by atoms with van der Waals surface area (Å²) in [5.41, 5.74) is 0.341. The minimum Gasteiger partial charge on any atom is -0.379 e. The smallest absolute Gasteiger partial charge is 0.251 e. The molecular weight excluding hydrogens is 328 g/mol. The SMILES string of the molecule is CCN(CC)S(=O)(=O)c1cccc(C(=O)NCCCOC(C)C)c1. The first-order valence-corrected chi connectivity index (χ1v) is 9.76. The number of sulfonamides is 1. The van der Waals surface area contributed by atoms with E-state index >= 15 is 0 Å². The van der Waals surface area contributed by atoms with Crippen LogP contribution in [0.5, 0.6) is 0 Å². The topological polar surface area (TPSA) is 75.7 Å². The van der Waals surface area contributed by atoms with E-state index in [-0.39, 0.29) is 16.9 Å². The predicted octanol–water partition coefficient (Wildman–Crippen LogP) is 2.26. The lowest BCUT2D eigenvalue weighted by Gasteiger charge is -2.18. The monoisotopic (exact) mass is 356 g/mol. The highest BCUT2D eigenvalue weighted by molar-refractivity contribution is 7.89. The number of rotatable bonds is 10. The van der Waals surface area contributed by atoms with Crippen molar-refractivity contribution < 1.29 is 17.9 Å². The lowest BCUT2D eigenvalue weighted by molar-refractivity contribution is 0.0757. The minimum atomic E-state index is -3.56. The highest BCUT2D eigenvalue weighted by atomic mass is 32.2. The largest absolute Gasteiger partial charge is 0.379 e. The Bertz CT molecular complexity index is 625. The molecule has 0 aliphatic carbocycles. The van der Waals surface area contributed by atoms with Crippen LogP contribution in [0, 0.1) is 0 Å². The first-order valence-electron chi connectivity index (χ1n) is 8.32.